The summed E-state index contributed by atoms with van der Waals surface area (Å²) in [5.41, 5.74) is 5.59. The average Bonchev–Trinajstić information content (AvgIpc) is 3.81. The van der Waals surface area contributed by atoms with Gasteiger partial charge in [0, 0.05) is 4.90 Å². The Hall–Kier alpha value is -1.46. The van der Waals surface area contributed by atoms with Crippen LogP contribution < -0.4 is 4.18 Å². The molecule has 6 fully saturated rings. The molecule has 0 N–H and O–H groups in total. The molecular formula is C37H48O3S2. The Morgan fingerprint density at radius 1 is 0.714 bits per heavy atom. The number of thiol groups is 1. The lowest BCUT2D eigenvalue weighted by molar-refractivity contribution is 0.392. The van der Waals surface area contributed by atoms with Gasteiger partial charge < -0.3 is 4.18 Å². The normalized spacial score (nSPS) is 36.5. The lowest BCUT2D eigenvalue weighted by Gasteiger charge is -2.32. The monoisotopic (exact) mass is 604 g/mol. The molecule has 3 nitrogen and oxygen atoms in total. The van der Waals surface area contributed by atoms with E-state index in [0.717, 1.165) is 63.7 Å². The second-order valence-corrected chi connectivity index (χ2v) is 17.7. The number of hydrogen-bond donors (Lipinski definition) is 1. The van der Waals surface area contributed by atoms with Crippen LogP contribution in [-0.4, -0.2) is 8.42 Å². The third-order valence-corrected chi connectivity index (χ3v) is 14.8. The summed E-state index contributed by atoms with van der Waals surface area (Å²) in [7, 11) is -4.04. The Labute approximate surface area is 259 Å². The van der Waals surface area contributed by atoms with Crippen molar-refractivity contribution in [2.45, 2.75) is 131 Å². The topological polar surface area (TPSA) is 43.4 Å². The predicted molar refractivity (Wildman–Crippen MR) is 171 cm³/mol. The van der Waals surface area contributed by atoms with Gasteiger partial charge in [0.25, 0.3) is 0 Å². The highest BCUT2D eigenvalue weighted by atomic mass is 32.2. The molecule has 2 aromatic rings. The molecule has 9 unspecified atom stereocenters. The summed E-state index contributed by atoms with van der Waals surface area (Å²) in [6.45, 7) is 6.19. The summed E-state index contributed by atoms with van der Waals surface area (Å²) in [5.74, 6) is 6.40. The summed E-state index contributed by atoms with van der Waals surface area (Å²) in [5, 5.41) is 0. The minimum atomic E-state index is -4.04. The Balaban J connectivity index is 1.29. The van der Waals surface area contributed by atoms with Crippen molar-refractivity contribution >= 4 is 22.7 Å². The van der Waals surface area contributed by atoms with E-state index in [-0.39, 0.29) is 5.92 Å². The molecule has 0 aromatic heterocycles. The van der Waals surface area contributed by atoms with Crippen LogP contribution in [-0.2, 0) is 10.1 Å². The first-order valence-corrected chi connectivity index (χ1v) is 19.0. The Kier molecular flexibility index (Phi) is 6.87. The molecule has 6 aliphatic carbocycles. The van der Waals surface area contributed by atoms with Gasteiger partial charge in [0.15, 0.2) is 0 Å². The highest BCUT2D eigenvalue weighted by molar-refractivity contribution is 7.87. The van der Waals surface area contributed by atoms with Crippen LogP contribution in [0.4, 0.5) is 0 Å². The van der Waals surface area contributed by atoms with E-state index < -0.39 is 10.1 Å². The van der Waals surface area contributed by atoms with Crippen molar-refractivity contribution < 1.29 is 12.6 Å². The molecule has 0 radical (unpaired) electrons. The van der Waals surface area contributed by atoms with Crippen LogP contribution in [0.5, 0.6) is 5.75 Å². The number of rotatable bonds is 7. The molecule has 8 rings (SSSR count). The van der Waals surface area contributed by atoms with Gasteiger partial charge in [-0.2, -0.15) is 8.42 Å². The summed E-state index contributed by atoms with van der Waals surface area (Å²) >= 11 is 4.70. The maximum absolute atomic E-state index is 14.8. The van der Waals surface area contributed by atoms with Gasteiger partial charge in [-0.1, -0.05) is 45.2 Å². The van der Waals surface area contributed by atoms with Crippen molar-refractivity contribution in [2.24, 2.45) is 35.5 Å². The number of benzene rings is 2. The number of hydrogen-bond acceptors (Lipinski definition) is 4. The standard InChI is InChI=1S/C37H48O3S2/c1-20(2)29-19-35(21(3)10-36(29)41)40-42(38,39)37-33(31-15-23-5-8-26(31)12-23)17-28(30-14-22-4-7-25(30)11-22)18-34(37)32-16-24-6-9-27(32)13-24/h10,17-20,22-27,30-32,41H,4-9,11-16H2,1-3H3. The van der Waals surface area contributed by atoms with E-state index in [1.54, 1.807) is 0 Å². The van der Waals surface area contributed by atoms with Crippen molar-refractivity contribution in [1.82, 2.24) is 0 Å². The average molecular weight is 605 g/mol. The van der Waals surface area contributed by atoms with Crippen LogP contribution in [0, 0.1) is 42.4 Å². The summed E-state index contributed by atoms with van der Waals surface area (Å²) in [4.78, 5) is 1.47. The molecule has 0 heterocycles. The fraction of sp³-hybridized carbons (Fsp3) is 0.676. The largest absolute Gasteiger partial charge is 0.379 e. The highest BCUT2D eigenvalue weighted by Crippen LogP contribution is 2.60. The van der Waals surface area contributed by atoms with Crippen LogP contribution in [0.1, 0.15) is 142 Å². The minimum absolute atomic E-state index is 0.235. The van der Waals surface area contributed by atoms with Gasteiger partial charge in [-0.15, -0.1) is 12.6 Å². The maximum atomic E-state index is 14.8. The minimum Gasteiger partial charge on any atom is -0.379 e. The molecule has 9 atom stereocenters. The van der Waals surface area contributed by atoms with Gasteiger partial charge in [-0.3, -0.25) is 0 Å². The van der Waals surface area contributed by atoms with Gasteiger partial charge in [-0.05, 0) is 164 Å². The van der Waals surface area contributed by atoms with Crippen LogP contribution >= 0.6 is 12.6 Å². The lowest BCUT2D eigenvalue weighted by atomic mass is 9.75. The van der Waals surface area contributed by atoms with E-state index in [2.05, 4.69) is 26.0 Å². The van der Waals surface area contributed by atoms with Gasteiger partial charge >= 0.3 is 10.1 Å². The maximum Gasteiger partial charge on any atom is 0.339 e. The zero-order chi connectivity index (χ0) is 28.9. The third kappa shape index (κ3) is 4.61. The van der Waals surface area contributed by atoms with Gasteiger partial charge in [-0.25, -0.2) is 0 Å². The van der Waals surface area contributed by atoms with Crippen molar-refractivity contribution in [1.29, 1.82) is 0 Å². The first kappa shape index (κ1) is 28.0. The molecule has 6 saturated carbocycles. The zero-order valence-corrected chi connectivity index (χ0v) is 27.4. The van der Waals surface area contributed by atoms with Crippen molar-refractivity contribution in [3.63, 3.8) is 0 Å². The van der Waals surface area contributed by atoms with E-state index in [1.165, 1.54) is 69.8 Å². The molecule has 6 bridgehead atoms. The Bertz CT molecular complexity index is 1460. The van der Waals surface area contributed by atoms with Gasteiger partial charge in [0.05, 0.1) is 0 Å². The summed E-state index contributed by atoms with van der Waals surface area (Å²) in [6.07, 6.45) is 15.4. The molecule has 0 spiro atoms. The molecule has 2 aromatic carbocycles. The predicted octanol–water partition coefficient (Wildman–Crippen LogP) is 9.89. The van der Waals surface area contributed by atoms with E-state index in [9.17, 15) is 8.42 Å². The number of aryl methyl sites for hydroxylation is 1. The Morgan fingerprint density at radius 2 is 1.21 bits per heavy atom. The van der Waals surface area contributed by atoms with Gasteiger partial charge in [0.1, 0.15) is 10.6 Å². The zero-order valence-electron chi connectivity index (χ0n) is 25.6. The quantitative estimate of drug-likeness (QED) is 0.253. The van der Waals surface area contributed by atoms with Crippen molar-refractivity contribution in [3.8, 4) is 5.75 Å². The molecule has 0 amide bonds. The lowest BCUT2D eigenvalue weighted by Crippen LogP contribution is -2.23. The highest BCUT2D eigenvalue weighted by Gasteiger charge is 2.48. The molecule has 42 heavy (non-hydrogen) atoms. The Morgan fingerprint density at radius 3 is 1.64 bits per heavy atom. The molecule has 6 aliphatic rings. The molecular weight excluding hydrogens is 557 g/mol. The fourth-order valence-electron chi connectivity index (χ4n) is 11.1. The first-order chi connectivity index (χ1) is 20.1. The molecule has 0 saturated heterocycles. The smallest absolute Gasteiger partial charge is 0.339 e. The molecule has 5 heteroatoms. The van der Waals surface area contributed by atoms with Crippen LogP contribution in [0.2, 0.25) is 0 Å². The van der Waals surface area contributed by atoms with E-state index >= 15 is 0 Å². The summed E-state index contributed by atoms with van der Waals surface area (Å²) < 4.78 is 35.9. The van der Waals surface area contributed by atoms with Crippen molar-refractivity contribution in [2.75, 3.05) is 0 Å². The van der Waals surface area contributed by atoms with E-state index in [1.807, 2.05) is 19.1 Å². The SMILES string of the molecule is Cc1cc(S)c(C(C)C)cc1OS(=O)(=O)c1c(C2CC3CCC2C3)cc(C2CC3CCC2C3)cc1C1CC2CCC1C2. The van der Waals surface area contributed by atoms with Crippen molar-refractivity contribution in [3.05, 3.63) is 52.1 Å². The second kappa shape index (κ2) is 10.3. The summed E-state index contributed by atoms with van der Waals surface area (Å²) in [6, 6.07) is 8.72. The van der Waals surface area contributed by atoms with Crippen LogP contribution in [0.25, 0.3) is 0 Å². The fourth-order valence-corrected chi connectivity index (χ4v) is 13.1. The van der Waals surface area contributed by atoms with Gasteiger partial charge in [0.2, 0.25) is 0 Å². The third-order valence-electron chi connectivity index (χ3n) is 13.0. The number of fused-ring (bicyclic) bond motifs is 6. The molecule has 226 valence electrons. The van der Waals surface area contributed by atoms with Crippen LogP contribution in [0.15, 0.2) is 34.1 Å². The second-order valence-electron chi connectivity index (χ2n) is 15.7. The van der Waals surface area contributed by atoms with Crippen LogP contribution in [0.3, 0.4) is 0 Å². The van der Waals surface area contributed by atoms with E-state index in [0.29, 0.717) is 40.2 Å². The molecule has 0 aliphatic heterocycles. The van der Waals surface area contributed by atoms with E-state index in [4.69, 9.17) is 16.8 Å². The first-order valence-electron chi connectivity index (χ1n) is 17.1.